The Morgan fingerprint density at radius 3 is 2.44 bits per heavy atom. The summed E-state index contributed by atoms with van der Waals surface area (Å²) in [6, 6.07) is 11.5. The summed E-state index contributed by atoms with van der Waals surface area (Å²) in [5.41, 5.74) is 2.72. The maximum Gasteiger partial charge on any atom is 0.498 e. The van der Waals surface area contributed by atoms with Crippen molar-refractivity contribution in [1.29, 1.82) is 0 Å². The van der Waals surface area contributed by atoms with Gasteiger partial charge in [-0.25, -0.2) is 0 Å². The molecule has 0 unspecified atom stereocenters. The first kappa shape index (κ1) is 16.6. The predicted molar refractivity (Wildman–Crippen MR) is 99.1 cm³/mol. The van der Waals surface area contributed by atoms with Crippen LogP contribution in [-0.2, 0) is 9.31 Å². The Morgan fingerprint density at radius 2 is 1.76 bits per heavy atom. The number of nitrogens with zero attached hydrogens (tertiary/aromatic N) is 3. The molecular weight excluding hydrogens is 336 g/mol. The molecule has 3 aromatic rings. The zero-order chi connectivity index (χ0) is 17.8. The average molecular weight is 356 g/mol. The molecule has 1 aliphatic rings. The van der Waals surface area contributed by atoms with E-state index in [1.165, 1.54) is 0 Å². The minimum Gasteiger partial charge on any atom is -0.399 e. The fourth-order valence-corrected chi connectivity index (χ4v) is 3.04. The molecule has 1 saturated heterocycles. The SMILES string of the molecule is CC1(C)OB(c2cnn3nc(-c4cccc(Cl)c4)ccc23)OC1(C)C. The molecule has 3 heterocycles. The second-order valence-corrected chi connectivity index (χ2v) is 7.73. The van der Waals surface area contributed by atoms with E-state index in [1.807, 2.05) is 64.1 Å². The third-order valence-electron chi connectivity index (χ3n) is 5.05. The molecule has 2 aromatic heterocycles. The van der Waals surface area contributed by atoms with Gasteiger partial charge in [0.1, 0.15) is 0 Å². The molecular formula is C18H19BClN3O2. The molecule has 7 heteroatoms. The van der Waals surface area contributed by atoms with E-state index in [2.05, 4.69) is 10.2 Å². The fraction of sp³-hybridized carbons (Fsp3) is 0.333. The van der Waals surface area contributed by atoms with Gasteiger partial charge in [-0.15, -0.1) is 5.10 Å². The molecule has 0 spiro atoms. The van der Waals surface area contributed by atoms with Crippen LogP contribution in [0.3, 0.4) is 0 Å². The summed E-state index contributed by atoms with van der Waals surface area (Å²) < 4.78 is 13.9. The number of aromatic nitrogens is 3. The van der Waals surface area contributed by atoms with Crippen molar-refractivity contribution in [2.24, 2.45) is 0 Å². The summed E-state index contributed by atoms with van der Waals surface area (Å²) in [6.45, 7) is 8.14. The summed E-state index contributed by atoms with van der Waals surface area (Å²) in [4.78, 5) is 0. The van der Waals surface area contributed by atoms with Crippen LogP contribution < -0.4 is 5.46 Å². The van der Waals surface area contributed by atoms with Crippen LogP contribution >= 0.6 is 11.6 Å². The number of benzene rings is 1. The van der Waals surface area contributed by atoms with Crippen LogP contribution in [0.25, 0.3) is 16.8 Å². The summed E-state index contributed by atoms with van der Waals surface area (Å²) in [7, 11) is -0.457. The standard InChI is InChI=1S/C18H19BClN3O2/c1-17(2)18(3,4)25-19(24-17)14-11-21-23-16(14)9-8-15(22-23)12-6-5-7-13(20)10-12/h5-11H,1-4H3. The van der Waals surface area contributed by atoms with E-state index in [-0.39, 0.29) is 11.2 Å². The van der Waals surface area contributed by atoms with Gasteiger partial charge in [0.05, 0.1) is 28.6 Å². The molecule has 1 aliphatic heterocycles. The minimum absolute atomic E-state index is 0.389. The Kier molecular flexibility index (Phi) is 3.69. The molecule has 5 nitrogen and oxygen atoms in total. The van der Waals surface area contributed by atoms with Crippen molar-refractivity contribution in [3.63, 3.8) is 0 Å². The number of hydrogen-bond donors (Lipinski definition) is 0. The van der Waals surface area contributed by atoms with E-state index in [1.54, 1.807) is 10.8 Å². The van der Waals surface area contributed by atoms with Crippen LogP contribution in [0.15, 0.2) is 42.6 Å². The van der Waals surface area contributed by atoms with Crippen LogP contribution in [0.4, 0.5) is 0 Å². The first-order valence-electron chi connectivity index (χ1n) is 8.23. The maximum atomic E-state index is 6.13. The third-order valence-corrected chi connectivity index (χ3v) is 5.28. The lowest BCUT2D eigenvalue weighted by atomic mass is 9.80. The van der Waals surface area contributed by atoms with Gasteiger partial charge in [0.15, 0.2) is 0 Å². The molecule has 0 aliphatic carbocycles. The second-order valence-electron chi connectivity index (χ2n) is 7.29. The number of fused-ring (bicyclic) bond motifs is 1. The van der Waals surface area contributed by atoms with Gasteiger partial charge in [0.2, 0.25) is 0 Å². The van der Waals surface area contributed by atoms with E-state index in [0.717, 1.165) is 22.2 Å². The van der Waals surface area contributed by atoms with E-state index < -0.39 is 7.12 Å². The Bertz CT molecular complexity index is 938. The van der Waals surface area contributed by atoms with E-state index >= 15 is 0 Å². The van der Waals surface area contributed by atoms with Crippen molar-refractivity contribution in [1.82, 2.24) is 14.8 Å². The minimum atomic E-state index is -0.457. The summed E-state index contributed by atoms with van der Waals surface area (Å²) >= 11 is 6.07. The number of rotatable bonds is 2. The van der Waals surface area contributed by atoms with Gasteiger partial charge in [-0.2, -0.15) is 9.73 Å². The van der Waals surface area contributed by atoms with E-state index in [9.17, 15) is 0 Å². The molecule has 4 rings (SSSR count). The molecule has 0 saturated carbocycles. The van der Waals surface area contributed by atoms with E-state index in [0.29, 0.717) is 5.02 Å². The van der Waals surface area contributed by atoms with Gasteiger partial charge >= 0.3 is 7.12 Å². The predicted octanol–water partition coefficient (Wildman–Crippen LogP) is 3.35. The molecule has 1 aromatic carbocycles. The molecule has 25 heavy (non-hydrogen) atoms. The van der Waals surface area contributed by atoms with E-state index in [4.69, 9.17) is 20.9 Å². The van der Waals surface area contributed by atoms with Gasteiger partial charge in [0.25, 0.3) is 0 Å². The fourth-order valence-electron chi connectivity index (χ4n) is 2.85. The molecule has 0 atom stereocenters. The quantitative estimate of drug-likeness (QED) is 0.662. The highest BCUT2D eigenvalue weighted by molar-refractivity contribution is 6.64. The Hall–Kier alpha value is -1.89. The smallest absolute Gasteiger partial charge is 0.399 e. The van der Waals surface area contributed by atoms with Crippen LogP contribution in [0.2, 0.25) is 5.02 Å². The number of hydrogen-bond acceptors (Lipinski definition) is 4. The highest BCUT2D eigenvalue weighted by atomic mass is 35.5. The van der Waals surface area contributed by atoms with Gasteiger partial charge in [0, 0.05) is 16.0 Å². The van der Waals surface area contributed by atoms with Crippen molar-refractivity contribution < 1.29 is 9.31 Å². The molecule has 0 radical (unpaired) electrons. The summed E-state index contributed by atoms with van der Waals surface area (Å²) in [5.74, 6) is 0. The van der Waals surface area contributed by atoms with Crippen LogP contribution in [0.1, 0.15) is 27.7 Å². The summed E-state index contributed by atoms with van der Waals surface area (Å²) in [5, 5.41) is 9.65. The molecule has 1 fully saturated rings. The second kappa shape index (κ2) is 5.56. The van der Waals surface area contributed by atoms with Crippen molar-refractivity contribution in [2.75, 3.05) is 0 Å². The van der Waals surface area contributed by atoms with Crippen LogP contribution in [-0.4, -0.2) is 33.1 Å². The van der Waals surface area contributed by atoms with Crippen molar-refractivity contribution in [2.45, 2.75) is 38.9 Å². The first-order chi connectivity index (χ1) is 11.8. The highest BCUT2D eigenvalue weighted by Gasteiger charge is 2.52. The largest absolute Gasteiger partial charge is 0.498 e. The number of halogens is 1. The zero-order valence-corrected chi connectivity index (χ0v) is 15.4. The zero-order valence-electron chi connectivity index (χ0n) is 14.7. The lowest BCUT2D eigenvalue weighted by Crippen LogP contribution is -2.41. The summed E-state index contributed by atoms with van der Waals surface area (Å²) in [6.07, 6.45) is 1.76. The Morgan fingerprint density at radius 1 is 1.04 bits per heavy atom. The Labute approximate surface area is 152 Å². The molecule has 0 bridgehead atoms. The van der Waals surface area contributed by atoms with Crippen molar-refractivity contribution >= 4 is 29.7 Å². The van der Waals surface area contributed by atoms with Crippen LogP contribution in [0, 0.1) is 0 Å². The van der Waals surface area contributed by atoms with Crippen molar-refractivity contribution in [3.05, 3.63) is 47.6 Å². The van der Waals surface area contributed by atoms with Gasteiger partial charge in [-0.05, 0) is 52.0 Å². The first-order valence-corrected chi connectivity index (χ1v) is 8.61. The van der Waals surface area contributed by atoms with Crippen LogP contribution in [0.5, 0.6) is 0 Å². The highest BCUT2D eigenvalue weighted by Crippen LogP contribution is 2.36. The Balaban J connectivity index is 1.72. The molecule has 128 valence electrons. The normalized spacial score (nSPS) is 18.8. The lowest BCUT2D eigenvalue weighted by Gasteiger charge is -2.32. The molecule has 0 N–H and O–H groups in total. The van der Waals surface area contributed by atoms with Gasteiger partial charge < -0.3 is 9.31 Å². The van der Waals surface area contributed by atoms with Gasteiger partial charge in [-0.1, -0.05) is 23.7 Å². The lowest BCUT2D eigenvalue weighted by molar-refractivity contribution is 0.00578. The maximum absolute atomic E-state index is 6.13. The average Bonchev–Trinajstić information content (AvgIpc) is 3.05. The monoisotopic (exact) mass is 355 g/mol. The van der Waals surface area contributed by atoms with Gasteiger partial charge in [-0.3, -0.25) is 0 Å². The molecule has 0 amide bonds. The third kappa shape index (κ3) is 2.74. The topological polar surface area (TPSA) is 48.7 Å². The van der Waals surface area contributed by atoms with Crippen molar-refractivity contribution in [3.8, 4) is 11.3 Å².